The van der Waals surface area contributed by atoms with Gasteiger partial charge in [0.25, 0.3) is 0 Å². The molecule has 1 aromatic rings. The largest absolute Gasteiger partial charge is 0.375 e. The minimum Gasteiger partial charge on any atom is -0.375 e. The Morgan fingerprint density at radius 1 is 1.32 bits per heavy atom. The Bertz CT molecular complexity index is 457. The number of ether oxygens (including phenoxy) is 1. The molecule has 2 nitrogen and oxygen atoms in total. The van der Waals surface area contributed by atoms with E-state index in [1.54, 1.807) is 0 Å². The van der Waals surface area contributed by atoms with Crippen LogP contribution in [0.3, 0.4) is 0 Å². The summed E-state index contributed by atoms with van der Waals surface area (Å²) in [6.07, 6.45) is 4.77. The average Bonchev–Trinajstić information content (AvgIpc) is 2.99. The Balaban J connectivity index is 1.88. The third kappa shape index (κ3) is 2.44. The van der Waals surface area contributed by atoms with Gasteiger partial charge in [-0.15, -0.1) is 0 Å². The molecule has 2 heterocycles. The van der Waals surface area contributed by atoms with Gasteiger partial charge in [0.05, 0.1) is 12.2 Å². The molecule has 104 valence electrons. The summed E-state index contributed by atoms with van der Waals surface area (Å²) in [7, 11) is 0. The smallest absolute Gasteiger partial charge is 0.0627 e. The molecule has 2 fully saturated rings. The zero-order valence-corrected chi connectivity index (χ0v) is 12.3. The first kappa shape index (κ1) is 13.1. The molecule has 2 bridgehead atoms. The van der Waals surface area contributed by atoms with Crippen molar-refractivity contribution >= 4 is 0 Å². The lowest BCUT2D eigenvalue weighted by Gasteiger charge is -2.30. The Morgan fingerprint density at radius 2 is 2.16 bits per heavy atom. The molecular formula is C17H25NO. The monoisotopic (exact) mass is 259 g/mol. The fourth-order valence-electron chi connectivity index (χ4n) is 3.91. The van der Waals surface area contributed by atoms with E-state index in [1.807, 2.05) is 0 Å². The number of fused-ring (bicyclic) bond motifs is 2. The fourth-order valence-corrected chi connectivity index (χ4v) is 3.91. The highest BCUT2D eigenvalue weighted by Gasteiger charge is 2.44. The Kier molecular flexibility index (Phi) is 3.64. The van der Waals surface area contributed by atoms with E-state index in [2.05, 4.69) is 44.3 Å². The van der Waals surface area contributed by atoms with Crippen LogP contribution in [0.15, 0.2) is 18.2 Å². The normalized spacial score (nSPS) is 30.8. The molecule has 1 N–H and O–H groups in total. The van der Waals surface area contributed by atoms with Crippen molar-refractivity contribution in [3.63, 3.8) is 0 Å². The van der Waals surface area contributed by atoms with Gasteiger partial charge in [-0.2, -0.15) is 0 Å². The molecule has 2 aliphatic rings. The first-order chi connectivity index (χ1) is 9.19. The minimum absolute atomic E-state index is 0.459. The Hall–Kier alpha value is -0.860. The summed E-state index contributed by atoms with van der Waals surface area (Å²) in [6, 6.07) is 7.30. The van der Waals surface area contributed by atoms with Crippen LogP contribution in [0.2, 0.25) is 0 Å². The van der Waals surface area contributed by atoms with E-state index >= 15 is 0 Å². The van der Waals surface area contributed by atoms with E-state index in [-0.39, 0.29) is 0 Å². The highest BCUT2D eigenvalue weighted by molar-refractivity contribution is 5.33. The number of hydrogen-bond donors (Lipinski definition) is 1. The van der Waals surface area contributed by atoms with Gasteiger partial charge < -0.3 is 10.1 Å². The van der Waals surface area contributed by atoms with Crippen LogP contribution in [0.4, 0.5) is 0 Å². The summed E-state index contributed by atoms with van der Waals surface area (Å²) in [6.45, 7) is 7.62. The summed E-state index contributed by atoms with van der Waals surface area (Å²) in [5, 5.41) is 3.71. The number of nitrogens with one attached hydrogen (secondary N) is 1. The van der Waals surface area contributed by atoms with Gasteiger partial charge >= 0.3 is 0 Å². The van der Waals surface area contributed by atoms with Crippen molar-refractivity contribution in [3.05, 3.63) is 34.9 Å². The van der Waals surface area contributed by atoms with Crippen molar-refractivity contribution in [2.75, 3.05) is 6.54 Å². The highest BCUT2D eigenvalue weighted by Crippen LogP contribution is 2.45. The van der Waals surface area contributed by atoms with Crippen molar-refractivity contribution in [2.24, 2.45) is 5.92 Å². The van der Waals surface area contributed by atoms with E-state index < -0.39 is 0 Å². The van der Waals surface area contributed by atoms with Gasteiger partial charge in [-0.05, 0) is 50.8 Å². The second-order valence-corrected chi connectivity index (χ2v) is 6.17. The molecule has 0 amide bonds. The lowest BCUT2D eigenvalue weighted by molar-refractivity contribution is 0.0858. The highest BCUT2D eigenvalue weighted by atomic mass is 16.5. The zero-order valence-electron chi connectivity index (χ0n) is 12.3. The summed E-state index contributed by atoms with van der Waals surface area (Å²) in [5.74, 6) is 0.653. The van der Waals surface area contributed by atoms with Gasteiger partial charge in [0.1, 0.15) is 0 Å². The van der Waals surface area contributed by atoms with Gasteiger partial charge in [-0.3, -0.25) is 0 Å². The van der Waals surface area contributed by atoms with Gasteiger partial charge in [0.15, 0.2) is 0 Å². The number of rotatable bonds is 4. The maximum atomic E-state index is 6.06. The molecule has 2 aliphatic heterocycles. The van der Waals surface area contributed by atoms with E-state index in [4.69, 9.17) is 4.74 Å². The van der Waals surface area contributed by atoms with Gasteiger partial charge in [-0.25, -0.2) is 0 Å². The topological polar surface area (TPSA) is 21.3 Å². The summed E-state index contributed by atoms with van der Waals surface area (Å²) in [5.41, 5.74) is 4.23. The first-order valence-electron chi connectivity index (χ1n) is 7.65. The van der Waals surface area contributed by atoms with Crippen LogP contribution in [-0.4, -0.2) is 18.8 Å². The number of hydrogen-bond acceptors (Lipinski definition) is 2. The van der Waals surface area contributed by atoms with Crippen molar-refractivity contribution in [1.82, 2.24) is 5.32 Å². The molecule has 4 atom stereocenters. The Labute approximate surface area is 116 Å². The summed E-state index contributed by atoms with van der Waals surface area (Å²) in [4.78, 5) is 0. The summed E-state index contributed by atoms with van der Waals surface area (Å²) >= 11 is 0. The molecule has 2 saturated heterocycles. The molecule has 0 aliphatic carbocycles. The molecule has 0 aromatic heterocycles. The number of benzene rings is 1. The predicted octanol–water partition coefficient (Wildman–Crippen LogP) is 3.52. The molecule has 4 unspecified atom stereocenters. The zero-order chi connectivity index (χ0) is 13.4. The summed E-state index contributed by atoms with van der Waals surface area (Å²) < 4.78 is 6.06. The maximum Gasteiger partial charge on any atom is 0.0627 e. The SMILES string of the molecule is CCNC(c1ccc(C)cc1C)C1CC2CCC1O2. The lowest BCUT2D eigenvalue weighted by atomic mass is 9.80. The number of aryl methyl sites for hydroxylation is 2. The molecular weight excluding hydrogens is 234 g/mol. The molecule has 0 radical (unpaired) electrons. The minimum atomic E-state index is 0.459. The second-order valence-electron chi connectivity index (χ2n) is 6.17. The molecule has 2 heteroatoms. The van der Waals surface area contributed by atoms with Gasteiger partial charge in [-0.1, -0.05) is 30.7 Å². The third-order valence-corrected chi connectivity index (χ3v) is 4.77. The molecule has 0 spiro atoms. The van der Waals surface area contributed by atoms with E-state index in [0.717, 1.165) is 6.54 Å². The quantitative estimate of drug-likeness (QED) is 0.893. The van der Waals surface area contributed by atoms with Gasteiger partial charge in [0.2, 0.25) is 0 Å². The van der Waals surface area contributed by atoms with E-state index in [9.17, 15) is 0 Å². The van der Waals surface area contributed by atoms with E-state index in [0.29, 0.717) is 24.2 Å². The van der Waals surface area contributed by atoms with Crippen LogP contribution in [0.1, 0.15) is 48.9 Å². The van der Waals surface area contributed by atoms with Crippen molar-refractivity contribution in [3.8, 4) is 0 Å². The maximum absolute atomic E-state index is 6.06. The van der Waals surface area contributed by atoms with Gasteiger partial charge in [0, 0.05) is 12.0 Å². The van der Waals surface area contributed by atoms with Crippen molar-refractivity contribution in [2.45, 2.75) is 58.3 Å². The van der Waals surface area contributed by atoms with Crippen LogP contribution < -0.4 is 5.32 Å². The van der Waals surface area contributed by atoms with Crippen LogP contribution in [0.25, 0.3) is 0 Å². The lowest BCUT2D eigenvalue weighted by Crippen LogP contribution is -2.34. The Morgan fingerprint density at radius 3 is 2.74 bits per heavy atom. The fraction of sp³-hybridized carbons (Fsp3) is 0.647. The first-order valence-corrected chi connectivity index (χ1v) is 7.65. The van der Waals surface area contributed by atoms with E-state index in [1.165, 1.54) is 36.0 Å². The molecule has 1 aromatic carbocycles. The average molecular weight is 259 g/mol. The molecule has 3 rings (SSSR count). The predicted molar refractivity (Wildman–Crippen MR) is 78.3 cm³/mol. The molecule has 0 saturated carbocycles. The van der Waals surface area contributed by atoms with Crippen LogP contribution in [0, 0.1) is 19.8 Å². The van der Waals surface area contributed by atoms with Crippen LogP contribution in [-0.2, 0) is 4.74 Å². The standard InChI is InChI=1S/C17H25NO/c1-4-18-17(14-7-5-11(2)9-12(14)3)15-10-13-6-8-16(15)19-13/h5,7,9,13,15-18H,4,6,8,10H2,1-3H3. The van der Waals surface area contributed by atoms with Crippen LogP contribution in [0.5, 0.6) is 0 Å². The second kappa shape index (κ2) is 5.26. The van der Waals surface area contributed by atoms with Crippen molar-refractivity contribution in [1.29, 1.82) is 0 Å². The van der Waals surface area contributed by atoms with Crippen LogP contribution >= 0.6 is 0 Å². The van der Waals surface area contributed by atoms with Crippen molar-refractivity contribution < 1.29 is 4.74 Å². The molecule has 19 heavy (non-hydrogen) atoms. The third-order valence-electron chi connectivity index (χ3n) is 4.77.